The minimum atomic E-state index is -5.38. The standard InChI is InChI=1S/C5H5F5O2S/c6-3-1-2(4(7)8)5(9,10)13(3,11)12/h2-4H,1H2. The van der Waals surface area contributed by atoms with Crippen molar-refractivity contribution < 1.29 is 30.4 Å². The van der Waals surface area contributed by atoms with E-state index in [4.69, 9.17) is 0 Å². The molecule has 2 unspecified atom stereocenters. The average molecular weight is 224 g/mol. The van der Waals surface area contributed by atoms with Crippen molar-refractivity contribution in [3.05, 3.63) is 0 Å². The van der Waals surface area contributed by atoms with Gasteiger partial charge in [-0.3, -0.25) is 0 Å². The molecule has 0 aromatic heterocycles. The highest BCUT2D eigenvalue weighted by molar-refractivity contribution is 7.93. The summed E-state index contributed by atoms with van der Waals surface area (Å²) in [5.74, 6) is -2.73. The molecule has 0 amide bonds. The van der Waals surface area contributed by atoms with E-state index in [0.29, 0.717) is 0 Å². The van der Waals surface area contributed by atoms with Gasteiger partial charge in [-0.25, -0.2) is 21.6 Å². The summed E-state index contributed by atoms with van der Waals surface area (Å²) in [6.07, 6.45) is -4.88. The number of sulfone groups is 1. The maximum atomic E-state index is 12.6. The van der Waals surface area contributed by atoms with Crippen LogP contribution in [0.25, 0.3) is 0 Å². The van der Waals surface area contributed by atoms with Gasteiger partial charge in [-0.1, -0.05) is 0 Å². The van der Waals surface area contributed by atoms with E-state index in [2.05, 4.69) is 0 Å². The Morgan fingerprint density at radius 1 is 1.31 bits per heavy atom. The van der Waals surface area contributed by atoms with E-state index >= 15 is 0 Å². The third-order valence-corrected chi connectivity index (χ3v) is 3.82. The zero-order valence-electron chi connectivity index (χ0n) is 6.05. The Bertz CT molecular complexity index is 298. The van der Waals surface area contributed by atoms with E-state index in [1.54, 1.807) is 0 Å². The molecule has 1 fully saturated rings. The van der Waals surface area contributed by atoms with E-state index in [-0.39, 0.29) is 0 Å². The van der Waals surface area contributed by atoms with Crippen LogP contribution in [0.15, 0.2) is 0 Å². The predicted octanol–water partition coefficient (Wildman–Crippen LogP) is 1.57. The van der Waals surface area contributed by atoms with E-state index in [9.17, 15) is 30.4 Å². The van der Waals surface area contributed by atoms with Crippen molar-refractivity contribution in [2.45, 2.75) is 23.6 Å². The normalized spacial score (nSPS) is 36.8. The van der Waals surface area contributed by atoms with Crippen LogP contribution in [0.4, 0.5) is 22.0 Å². The van der Waals surface area contributed by atoms with Crippen LogP contribution in [-0.2, 0) is 9.84 Å². The summed E-state index contributed by atoms with van der Waals surface area (Å²) in [6, 6.07) is 0. The molecule has 2 nitrogen and oxygen atoms in total. The summed E-state index contributed by atoms with van der Waals surface area (Å²) in [6.45, 7) is 0. The van der Waals surface area contributed by atoms with Gasteiger partial charge in [0.1, 0.15) is 5.92 Å². The topological polar surface area (TPSA) is 34.1 Å². The summed E-state index contributed by atoms with van der Waals surface area (Å²) >= 11 is 0. The number of rotatable bonds is 1. The smallest absolute Gasteiger partial charge is 0.230 e. The molecular formula is C5H5F5O2S. The van der Waals surface area contributed by atoms with Crippen LogP contribution in [0.2, 0.25) is 0 Å². The summed E-state index contributed by atoms with van der Waals surface area (Å²) in [5, 5.41) is -4.65. The zero-order valence-corrected chi connectivity index (χ0v) is 6.87. The number of hydrogen-bond acceptors (Lipinski definition) is 2. The lowest BCUT2D eigenvalue weighted by atomic mass is 10.1. The Kier molecular flexibility index (Phi) is 2.29. The van der Waals surface area contributed by atoms with Crippen molar-refractivity contribution in [2.24, 2.45) is 5.92 Å². The molecule has 0 aromatic rings. The first kappa shape index (κ1) is 10.7. The Hall–Kier alpha value is -0.400. The molecule has 0 saturated carbocycles. The lowest BCUT2D eigenvalue weighted by Crippen LogP contribution is -2.34. The van der Waals surface area contributed by atoms with Crippen LogP contribution in [0.1, 0.15) is 6.42 Å². The highest BCUT2D eigenvalue weighted by Gasteiger charge is 2.65. The number of alkyl halides is 5. The van der Waals surface area contributed by atoms with Crippen molar-refractivity contribution in [3.8, 4) is 0 Å². The summed E-state index contributed by atoms with van der Waals surface area (Å²) in [5.41, 5.74) is -2.89. The number of halogens is 5. The fourth-order valence-electron chi connectivity index (χ4n) is 1.09. The minimum absolute atomic E-state index is 1.34. The van der Waals surface area contributed by atoms with Gasteiger partial charge in [0.05, 0.1) is 0 Å². The molecule has 1 heterocycles. The monoisotopic (exact) mass is 224 g/mol. The lowest BCUT2D eigenvalue weighted by Gasteiger charge is -2.15. The Morgan fingerprint density at radius 2 is 1.77 bits per heavy atom. The van der Waals surface area contributed by atoms with E-state index in [0.717, 1.165) is 0 Å². The van der Waals surface area contributed by atoms with Gasteiger partial charge >= 0.3 is 5.25 Å². The van der Waals surface area contributed by atoms with Crippen LogP contribution in [0.3, 0.4) is 0 Å². The van der Waals surface area contributed by atoms with E-state index in [1.807, 2.05) is 0 Å². The zero-order chi connectivity index (χ0) is 10.4. The molecule has 13 heavy (non-hydrogen) atoms. The largest absolute Gasteiger partial charge is 0.356 e. The first-order valence-corrected chi connectivity index (χ1v) is 4.79. The van der Waals surface area contributed by atoms with Gasteiger partial charge < -0.3 is 0 Å². The summed E-state index contributed by atoms with van der Waals surface area (Å²) < 4.78 is 82.2. The third kappa shape index (κ3) is 1.31. The fourth-order valence-corrected chi connectivity index (χ4v) is 2.52. The third-order valence-electron chi connectivity index (χ3n) is 1.89. The molecule has 1 aliphatic rings. The predicted molar refractivity (Wildman–Crippen MR) is 32.9 cm³/mol. The fraction of sp³-hybridized carbons (Fsp3) is 1.00. The Morgan fingerprint density at radius 3 is 1.92 bits per heavy atom. The second-order valence-corrected chi connectivity index (χ2v) is 4.84. The van der Waals surface area contributed by atoms with Gasteiger partial charge in [0.2, 0.25) is 21.8 Å². The Labute approximate surface area is 70.6 Å². The van der Waals surface area contributed by atoms with Crippen molar-refractivity contribution in [1.82, 2.24) is 0 Å². The van der Waals surface area contributed by atoms with E-state index < -0.39 is 39.4 Å². The van der Waals surface area contributed by atoms with Gasteiger partial charge in [0, 0.05) is 6.42 Å². The highest BCUT2D eigenvalue weighted by Crippen LogP contribution is 2.47. The SMILES string of the molecule is O=S1(=O)C(F)CC(C(F)F)C1(F)F. The minimum Gasteiger partial charge on any atom is -0.230 e. The van der Waals surface area contributed by atoms with Gasteiger partial charge in [-0.2, -0.15) is 8.78 Å². The second-order valence-electron chi connectivity index (χ2n) is 2.69. The van der Waals surface area contributed by atoms with Crippen molar-refractivity contribution in [1.29, 1.82) is 0 Å². The molecule has 1 aliphatic heterocycles. The van der Waals surface area contributed by atoms with Crippen LogP contribution in [-0.4, -0.2) is 25.6 Å². The molecule has 78 valence electrons. The molecular weight excluding hydrogens is 219 g/mol. The van der Waals surface area contributed by atoms with Crippen LogP contribution in [0.5, 0.6) is 0 Å². The Balaban J connectivity index is 3.12. The molecule has 0 aliphatic carbocycles. The average Bonchev–Trinajstić information content (AvgIpc) is 2.10. The molecule has 1 rings (SSSR count). The van der Waals surface area contributed by atoms with Gasteiger partial charge in [0.25, 0.3) is 0 Å². The lowest BCUT2D eigenvalue weighted by molar-refractivity contribution is -0.0502. The maximum absolute atomic E-state index is 12.6. The van der Waals surface area contributed by atoms with Gasteiger partial charge in [0.15, 0.2) is 0 Å². The first-order valence-electron chi connectivity index (χ1n) is 3.24. The van der Waals surface area contributed by atoms with E-state index in [1.165, 1.54) is 0 Å². The van der Waals surface area contributed by atoms with Gasteiger partial charge in [-0.15, -0.1) is 0 Å². The molecule has 0 radical (unpaired) electrons. The van der Waals surface area contributed by atoms with Gasteiger partial charge in [-0.05, 0) is 0 Å². The highest BCUT2D eigenvalue weighted by atomic mass is 32.2. The summed E-state index contributed by atoms with van der Waals surface area (Å²) in [4.78, 5) is 0. The van der Waals surface area contributed by atoms with Crippen molar-refractivity contribution >= 4 is 9.84 Å². The number of hydrogen-bond donors (Lipinski definition) is 0. The molecule has 0 spiro atoms. The van der Waals surface area contributed by atoms with Crippen LogP contribution < -0.4 is 0 Å². The van der Waals surface area contributed by atoms with Crippen molar-refractivity contribution in [3.63, 3.8) is 0 Å². The molecule has 0 bridgehead atoms. The molecule has 8 heteroatoms. The molecule has 0 N–H and O–H groups in total. The maximum Gasteiger partial charge on any atom is 0.356 e. The first-order chi connectivity index (χ1) is 5.71. The molecule has 1 saturated heterocycles. The molecule has 2 atom stereocenters. The second kappa shape index (κ2) is 2.79. The van der Waals surface area contributed by atoms with Crippen LogP contribution in [0, 0.1) is 5.92 Å². The van der Waals surface area contributed by atoms with Crippen LogP contribution >= 0.6 is 0 Å². The molecule has 0 aromatic carbocycles. The van der Waals surface area contributed by atoms with Crippen molar-refractivity contribution in [2.75, 3.05) is 0 Å². The quantitative estimate of drug-likeness (QED) is 0.633. The summed E-state index contributed by atoms with van der Waals surface area (Å²) in [7, 11) is -5.38.